The van der Waals surface area contributed by atoms with Crippen LogP contribution in [0.5, 0.6) is 0 Å². The van der Waals surface area contributed by atoms with E-state index in [9.17, 15) is 0 Å². The Bertz CT molecular complexity index is 761. The Hall–Kier alpha value is -1.56. The number of allylic oxidation sites excluding steroid dienone is 12. The molecule has 0 N–H and O–H groups in total. The van der Waals surface area contributed by atoms with Crippen LogP contribution in [0.3, 0.4) is 0 Å². The molecule has 0 rings (SSSR count). The van der Waals surface area contributed by atoms with Crippen LogP contribution in [0, 0.1) is 11.3 Å². The average Bonchev–Trinajstić information content (AvgIpc) is 2.72. The van der Waals surface area contributed by atoms with Crippen LogP contribution in [0.15, 0.2) is 69.9 Å². The minimum absolute atomic E-state index is 0.280. The molecule has 0 aliphatic rings. The number of rotatable bonds is 16. The van der Waals surface area contributed by atoms with Crippen molar-refractivity contribution in [2.24, 2.45) is 11.3 Å². The minimum Gasteiger partial charge on any atom is -0.0856 e. The Morgan fingerprint density at radius 1 is 0.486 bits per heavy atom. The van der Waals surface area contributed by atoms with Gasteiger partial charge in [0.1, 0.15) is 0 Å². The Morgan fingerprint density at radius 3 is 1.11 bits per heavy atom. The maximum atomic E-state index is 2.49. The molecule has 0 heteroatoms. The van der Waals surface area contributed by atoms with Crippen LogP contribution in [-0.4, -0.2) is 0 Å². The molecule has 0 bridgehead atoms. The molecular weight excluding hydrogens is 420 g/mol. The van der Waals surface area contributed by atoms with E-state index in [0.29, 0.717) is 5.92 Å². The standard InChI is InChI=1S/C35H60/c1-28(2)18-14-21-32(7)24-15-22-30(5)19-12-13-20-31(6)23-16-25-33(8)26-17-27-34(29(3)4)35(9,10)11/h18-20,24-25,27,29H,12-17,21-23,26H2,1-11H3. The van der Waals surface area contributed by atoms with Gasteiger partial charge < -0.3 is 0 Å². The van der Waals surface area contributed by atoms with Gasteiger partial charge >= 0.3 is 0 Å². The number of unbranched alkanes of at least 4 members (excludes halogenated alkanes) is 1. The van der Waals surface area contributed by atoms with Gasteiger partial charge in [-0.15, -0.1) is 0 Å². The van der Waals surface area contributed by atoms with Crippen molar-refractivity contribution in [3.63, 3.8) is 0 Å². The van der Waals surface area contributed by atoms with Crippen molar-refractivity contribution in [2.45, 2.75) is 140 Å². The highest BCUT2D eigenvalue weighted by atomic mass is 14.2. The van der Waals surface area contributed by atoms with Gasteiger partial charge in [-0.1, -0.05) is 105 Å². The summed E-state index contributed by atoms with van der Waals surface area (Å²) in [5, 5.41) is 0. The second-order valence-corrected chi connectivity index (χ2v) is 12.3. The Kier molecular flexibility index (Phi) is 17.8. The lowest BCUT2D eigenvalue weighted by atomic mass is 9.79. The van der Waals surface area contributed by atoms with Gasteiger partial charge in [-0.05, 0) is 117 Å². The van der Waals surface area contributed by atoms with Gasteiger partial charge in [-0.25, -0.2) is 0 Å². The highest BCUT2D eigenvalue weighted by Gasteiger charge is 2.19. The van der Waals surface area contributed by atoms with Gasteiger partial charge in [0, 0.05) is 0 Å². The summed E-state index contributed by atoms with van der Waals surface area (Å²) in [6.07, 6.45) is 26.4. The second kappa shape index (κ2) is 18.7. The SMILES string of the molecule is CC(C)=CCCC(C)=CCCC(C)=CCCC=C(C)CCC=C(C)CCC=C(C(C)C)C(C)(C)C. The minimum atomic E-state index is 0.280. The molecule has 0 aliphatic heterocycles. The summed E-state index contributed by atoms with van der Waals surface area (Å²) in [4.78, 5) is 0. The zero-order chi connectivity index (χ0) is 26.9. The van der Waals surface area contributed by atoms with Gasteiger partial charge in [0.15, 0.2) is 0 Å². The van der Waals surface area contributed by atoms with Crippen molar-refractivity contribution in [3.05, 3.63) is 69.9 Å². The molecule has 0 nitrogen and oxygen atoms in total. The van der Waals surface area contributed by atoms with E-state index >= 15 is 0 Å². The monoisotopic (exact) mass is 480 g/mol. The lowest BCUT2D eigenvalue weighted by Crippen LogP contribution is -2.14. The summed E-state index contributed by atoms with van der Waals surface area (Å²) < 4.78 is 0. The molecule has 35 heavy (non-hydrogen) atoms. The molecule has 200 valence electrons. The Balaban J connectivity index is 4.27. The smallest absolute Gasteiger partial charge is 0.0170 e. The highest BCUT2D eigenvalue weighted by Crippen LogP contribution is 2.32. The van der Waals surface area contributed by atoms with Gasteiger partial charge in [0.25, 0.3) is 0 Å². The third kappa shape index (κ3) is 19.3. The van der Waals surface area contributed by atoms with Crippen LogP contribution < -0.4 is 0 Å². The van der Waals surface area contributed by atoms with Gasteiger partial charge in [0.05, 0.1) is 0 Å². The van der Waals surface area contributed by atoms with Gasteiger partial charge in [-0.3, -0.25) is 0 Å². The summed E-state index contributed by atoms with van der Waals surface area (Å²) >= 11 is 0. The quantitative estimate of drug-likeness (QED) is 0.152. The van der Waals surface area contributed by atoms with Crippen molar-refractivity contribution in [1.82, 2.24) is 0 Å². The van der Waals surface area contributed by atoms with E-state index in [1.54, 1.807) is 5.57 Å². The average molecular weight is 481 g/mol. The van der Waals surface area contributed by atoms with Crippen molar-refractivity contribution >= 4 is 0 Å². The fraction of sp³-hybridized carbons (Fsp3) is 0.657. The van der Waals surface area contributed by atoms with Gasteiger partial charge in [0.2, 0.25) is 0 Å². The van der Waals surface area contributed by atoms with Crippen molar-refractivity contribution < 1.29 is 0 Å². The number of hydrogen-bond acceptors (Lipinski definition) is 0. The lowest BCUT2D eigenvalue weighted by Gasteiger charge is -2.26. The highest BCUT2D eigenvalue weighted by molar-refractivity contribution is 5.14. The molecule has 0 amide bonds. The van der Waals surface area contributed by atoms with Crippen LogP contribution in [-0.2, 0) is 0 Å². The summed E-state index contributed by atoms with van der Waals surface area (Å²) in [7, 11) is 0. The Morgan fingerprint density at radius 2 is 0.800 bits per heavy atom. The molecule has 0 aromatic heterocycles. The zero-order valence-corrected chi connectivity index (χ0v) is 25.6. The zero-order valence-electron chi connectivity index (χ0n) is 25.6. The topological polar surface area (TPSA) is 0 Å². The molecule has 0 atom stereocenters. The molecular formula is C35H60. The summed E-state index contributed by atoms with van der Waals surface area (Å²) in [5.41, 5.74) is 9.42. The fourth-order valence-corrected chi connectivity index (χ4v) is 4.61. The van der Waals surface area contributed by atoms with Gasteiger partial charge in [-0.2, -0.15) is 0 Å². The normalized spacial score (nSPS) is 14.7. The molecule has 0 heterocycles. The fourth-order valence-electron chi connectivity index (χ4n) is 4.61. The second-order valence-electron chi connectivity index (χ2n) is 12.3. The van der Waals surface area contributed by atoms with Crippen LogP contribution in [0.4, 0.5) is 0 Å². The van der Waals surface area contributed by atoms with E-state index < -0.39 is 0 Å². The first-order valence-corrected chi connectivity index (χ1v) is 14.3. The third-order valence-corrected chi connectivity index (χ3v) is 6.70. The molecule has 0 saturated heterocycles. The first-order valence-electron chi connectivity index (χ1n) is 14.3. The summed E-state index contributed by atoms with van der Waals surface area (Å²) in [6, 6.07) is 0. The summed E-state index contributed by atoms with van der Waals surface area (Å²) in [6.45, 7) is 25.2. The molecule has 0 radical (unpaired) electrons. The first kappa shape index (κ1) is 33.4. The molecule has 0 fully saturated rings. The third-order valence-electron chi connectivity index (χ3n) is 6.70. The summed E-state index contributed by atoms with van der Waals surface area (Å²) in [5.74, 6) is 0.634. The number of hydrogen-bond donors (Lipinski definition) is 0. The predicted octanol–water partition coefficient (Wildman–Crippen LogP) is 12.3. The van der Waals surface area contributed by atoms with Crippen molar-refractivity contribution in [2.75, 3.05) is 0 Å². The lowest BCUT2D eigenvalue weighted by molar-refractivity contribution is 0.445. The maximum Gasteiger partial charge on any atom is -0.0170 e. The van der Waals surface area contributed by atoms with Crippen LogP contribution >= 0.6 is 0 Å². The molecule has 0 aliphatic carbocycles. The van der Waals surface area contributed by atoms with Crippen LogP contribution in [0.1, 0.15) is 140 Å². The largest absolute Gasteiger partial charge is 0.0856 e. The molecule has 0 unspecified atom stereocenters. The van der Waals surface area contributed by atoms with E-state index in [2.05, 4.69) is 113 Å². The maximum absolute atomic E-state index is 2.49. The van der Waals surface area contributed by atoms with Crippen molar-refractivity contribution in [3.8, 4) is 0 Å². The van der Waals surface area contributed by atoms with Crippen molar-refractivity contribution in [1.29, 1.82) is 0 Å². The van der Waals surface area contributed by atoms with E-state index in [-0.39, 0.29) is 5.41 Å². The molecule has 0 aromatic carbocycles. The molecule has 0 aromatic rings. The van der Waals surface area contributed by atoms with E-state index in [1.807, 2.05) is 0 Å². The molecule has 0 saturated carbocycles. The van der Waals surface area contributed by atoms with Crippen LogP contribution in [0.2, 0.25) is 0 Å². The van der Waals surface area contributed by atoms with E-state index in [4.69, 9.17) is 0 Å². The van der Waals surface area contributed by atoms with E-state index in [1.165, 1.54) is 92.1 Å². The predicted molar refractivity (Wildman–Crippen MR) is 163 cm³/mol. The van der Waals surface area contributed by atoms with E-state index in [0.717, 1.165) is 0 Å². The van der Waals surface area contributed by atoms with Crippen LogP contribution in [0.25, 0.3) is 0 Å². The Labute approximate surface area is 221 Å². The molecule has 0 spiro atoms. The first-order chi connectivity index (χ1) is 16.3.